The van der Waals surface area contributed by atoms with Crippen LogP contribution in [0.5, 0.6) is 28.7 Å². The zero-order valence-electron chi connectivity index (χ0n) is 42.1. The van der Waals surface area contributed by atoms with Crippen molar-refractivity contribution in [3.8, 4) is 39.9 Å². The van der Waals surface area contributed by atoms with Gasteiger partial charge in [0.15, 0.2) is 0 Å². The Labute approximate surface area is 415 Å². The predicted molar refractivity (Wildman–Crippen MR) is 280 cm³/mol. The average molecular weight is 954 g/mol. The molecule has 1 heterocycles. The zero-order chi connectivity index (χ0) is 49.6. The van der Waals surface area contributed by atoms with E-state index >= 15 is 0 Å². The first kappa shape index (κ1) is 48.8. The van der Waals surface area contributed by atoms with E-state index in [2.05, 4.69) is 200 Å². The first-order chi connectivity index (χ1) is 32.5. The number of rotatable bonds is 4. The molecular formula is C62H65CrN2O4+. The molecule has 1 aliphatic heterocycles. The summed E-state index contributed by atoms with van der Waals surface area (Å²) in [7, 11) is 0. The van der Waals surface area contributed by atoms with Crippen LogP contribution in [0.25, 0.3) is 32.7 Å². The number of hydrogen-bond acceptors (Lipinski definition) is 4. The third kappa shape index (κ3) is 10.5. The minimum absolute atomic E-state index is 0.00888. The maximum absolute atomic E-state index is 12.1. The van der Waals surface area contributed by atoms with Crippen molar-refractivity contribution in [1.29, 1.82) is 0 Å². The standard InChI is InChI=1S/C50H56N2O2.C12H10O2.Cr/c1-47(2,3)35-25-33(45(53)39(27-35)49(7,8)9)29-51-41-23-21-31-17-13-15-19-37(31)43(41)44-38-20-16-14-18-32(38)22-24-42(44)52-30-34-26-36(48(4,5)6)28-40(46(34)54)50(10,11)12;13-10-6-8-12(9-7-10)14-11-4-2-1-3-5-11;/h13-30,53-54H,1-12H3;1-9,13H;/q;;+2/p-1. The van der Waals surface area contributed by atoms with Gasteiger partial charge in [-0.25, -0.2) is 0 Å². The number of phenols is 2. The van der Waals surface area contributed by atoms with Crippen molar-refractivity contribution < 1.29 is 42.8 Å². The van der Waals surface area contributed by atoms with Gasteiger partial charge in [0.25, 0.3) is 0 Å². The number of hydrogen-bond donors (Lipinski definition) is 2. The molecule has 352 valence electrons. The Morgan fingerprint density at radius 2 is 0.841 bits per heavy atom. The van der Waals surface area contributed by atoms with Crippen LogP contribution >= 0.6 is 0 Å². The summed E-state index contributed by atoms with van der Waals surface area (Å²) in [5.41, 5.74) is 9.51. The molecule has 0 aliphatic carbocycles. The van der Waals surface area contributed by atoms with E-state index in [4.69, 9.17) is 4.74 Å². The van der Waals surface area contributed by atoms with Crippen molar-refractivity contribution in [2.24, 2.45) is 0 Å². The molecule has 8 aromatic carbocycles. The fourth-order valence-corrected chi connectivity index (χ4v) is 10.2. The second kappa shape index (κ2) is 18.7. The number of ether oxygens (including phenoxy) is 1. The molecule has 0 spiro atoms. The largest absolute Gasteiger partial charge is 0.872 e. The van der Waals surface area contributed by atoms with Crippen LogP contribution in [0.3, 0.4) is 0 Å². The van der Waals surface area contributed by atoms with Gasteiger partial charge < -0.3 is 9.84 Å². The minimum atomic E-state index is -0.400. The van der Waals surface area contributed by atoms with Crippen LogP contribution in [0.1, 0.15) is 116 Å². The van der Waals surface area contributed by atoms with Gasteiger partial charge >= 0.3 is 336 Å². The third-order valence-corrected chi connectivity index (χ3v) is 14.2. The second-order valence-corrected chi connectivity index (χ2v) is 23.6. The molecule has 1 aliphatic rings. The van der Waals surface area contributed by atoms with Gasteiger partial charge in [-0.05, 0) is 24.3 Å². The fourth-order valence-electron chi connectivity index (χ4n) is 8.69. The van der Waals surface area contributed by atoms with Crippen LogP contribution in [-0.2, 0) is 37.3 Å². The van der Waals surface area contributed by atoms with Crippen LogP contribution in [0.15, 0.2) is 152 Å². The Hall–Kier alpha value is -6.65. The molecule has 6 nitrogen and oxygen atoms in total. The van der Waals surface area contributed by atoms with Gasteiger partial charge in [0.05, 0.1) is 0 Å². The summed E-state index contributed by atoms with van der Waals surface area (Å²) in [6, 6.07) is 50.7. The minimum Gasteiger partial charge on any atom is -0.872 e. The molecule has 0 amide bonds. The van der Waals surface area contributed by atoms with Gasteiger partial charge in [-0.2, -0.15) is 0 Å². The van der Waals surface area contributed by atoms with Crippen molar-refractivity contribution in [1.82, 2.24) is 0 Å². The Kier molecular flexibility index (Phi) is 13.2. The molecule has 0 aromatic heterocycles. The van der Waals surface area contributed by atoms with Crippen molar-refractivity contribution in [2.75, 3.05) is 0 Å². The smallest absolute Gasteiger partial charge is 0.127 e. The topological polar surface area (TPSA) is 78.8 Å². The van der Waals surface area contributed by atoms with E-state index in [0.29, 0.717) is 17.2 Å². The molecular weight excluding hydrogens is 889 g/mol. The van der Waals surface area contributed by atoms with Gasteiger partial charge in [0, 0.05) is 0 Å². The molecule has 2 N–H and O–H groups in total. The Bertz CT molecular complexity index is 3090. The van der Waals surface area contributed by atoms with Gasteiger partial charge in [-0.1, -0.05) is 30.3 Å². The predicted octanol–water partition coefficient (Wildman–Crippen LogP) is 15.3. The number of phenolic OH excluding ortho intramolecular Hbond substituents is 2. The van der Waals surface area contributed by atoms with Crippen LogP contribution in [0.2, 0.25) is 0 Å². The van der Waals surface area contributed by atoms with Crippen molar-refractivity contribution >= 4 is 45.3 Å². The summed E-state index contributed by atoms with van der Waals surface area (Å²) in [5.74, 6) is 2.06. The van der Waals surface area contributed by atoms with Crippen molar-refractivity contribution in [3.05, 3.63) is 185 Å². The monoisotopic (exact) mass is 953 g/mol. The van der Waals surface area contributed by atoms with Crippen molar-refractivity contribution in [2.45, 2.75) is 105 Å². The summed E-state index contributed by atoms with van der Waals surface area (Å²) < 4.78 is 10.2. The van der Waals surface area contributed by atoms with Crippen LogP contribution < -0.4 is 9.84 Å². The maximum Gasteiger partial charge on any atom is 0.127 e. The Morgan fingerprint density at radius 1 is 0.449 bits per heavy atom. The summed E-state index contributed by atoms with van der Waals surface area (Å²) >= 11 is -0.400. The van der Waals surface area contributed by atoms with Crippen LogP contribution in [0, 0.1) is 0 Å². The normalized spacial score (nSPS) is 14.3. The van der Waals surface area contributed by atoms with E-state index < -0.39 is 15.7 Å². The van der Waals surface area contributed by atoms with E-state index in [1.807, 2.05) is 30.3 Å². The van der Waals surface area contributed by atoms with E-state index in [0.717, 1.165) is 50.5 Å². The molecule has 0 unspecified atom stereocenters. The van der Waals surface area contributed by atoms with Crippen LogP contribution in [-0.4, -0.2) is 29.8 Å². The SMILES string of the molecule is CC(C)(C)c1cc(C=[N+]2[Cr][N+](=Cc3cc(C(C)(C)C)cc(C(C)(C)C)c3O)c3ccc4ccccc4c3-c3c2ccc2ccccc32)c(O)c(C(C)(C)C)c1.[O-]c1ccc(Oc2ccccc2)cc1. The fraction of sp³-hybridized carbons (Fsp3) is 0.258. The molecule has 0 saturated heterocycles. The number of aromatic hydroxyl groups is 2. The number of benzene rings is 8. The van der Waals surface area contributed by atoms with Gasteiger partial charge in [-0.3, -0.25) is 0 Å². The zero-order valence-corrected chi connectivity index (χ0v) is 43.4. The van der Waals surface area contributed by atoms with Crippen molar-refractivity contribution in [3.63, 3.8) is 0 Å². The number of para-hydroxylation sites is 1. The number of fused-ring (bicyclic) bond motifs is 7. The summed E-state index contributed by atoms with van der Waals surface area (Å²) in [4.78, 5) is 0. The van der Waals surface area contributed by atoms with Gasteiger partial charge in [-0.15, -0.1) is 5.75 Å². The quantitative estimate of drug-likeness (QED) is 0.184. The van der Waals surface area contributed by atoms with E-state index in [1.54, 1.807) is 12.1 Å². The Morgan fingerprint density at radius 3 is 1.25 bits per heavy atom. The second-order valence-electron chi connectivity index (χ2n) is 22.2. The van der Waals surface area contributed by atoms with Gasteiger partial charge in [0.2, 0.25) is 0 Å². The summed E-state index contributed by atoms with van der Waals surface area (Å²) in [6.07, 6.45) is 4.32. The molecule has 69 heavy (non-hydrogen) atoms. The molecule has 0 radical (unpaired) electrons. The summed E-state index contributed by atoms with van der Waals surface area (Å²) in [5, 5.41) is 39.7. The van der Waals surface area contributed by atoms with E-state index in [9.17, 15) is 15.3 Å². The number of nitrogens with zero attached hydrogens (tertiary/aromatic N) is 2. The van der Waals surface area contributed by atoms with Gasteiger partial charge in [0.1, 0.15) is 11.5 Å². The molecule has 0 atom stereocenters. The molecule has 0 bridgehead atoms. The molecule has 9 rings (SSSR count). The molecule has 0 fully saturated rings. The summed E-state index contributed by atoms with van der Waals surface area (Å²) in [6.45, 7) is 26.4. The first-order valence-electron chi connectivity index (χ1n) is 23.7. The molecule has 7 heteroatoms. The van der Waals surface area contributed by atoms with Crippen LogP contribution in [0.4, 0.5) is 11.4 Å². The molecule has 0 saturated carbocycles. The Balaban J connectivity index is 0.000000391. The van der Waals surface area contributed by atoms with E-state index in [-0.39, 0.29) is 27.4 Å². The van der Waals surface area contributed by atoms with E-state index in [1.165, 1.54) is 44.8 Å². The first-order valence-corrected chi connectivity index (χ1v) is 24.9. The average Bonchev–Trinajstić information content (AvgIpc) is 3.42. The third-order valence-electron chi connectivity index (χ3n) is 12.7. The molecule has 8 aromatic rings. The maximum atomic E-state index is 12.1.